The smallest absolute Gasteiger partial charge is 0.345 e. The molecule has 0 heterocycles. The first kappa shape index (κ1) is 27.3. The van der Waals surface area contributed by atoms with Crippen molar-refractivity contribution in [3.8, 4) is 11.5 Å². The zero-order valence-electron chi connectivity index (χ0n) is 16.4. The van der Waals surface area contributed by atoms with Crippen LogP contribution in [0.15, 0.2) is 54.7 Å². The molecule has 0 fully saturated rings. The van der Waals surface area contributed by atoms with Crippen molar-refractivity contribution >= 4 is 69.8 Å². The Morgan fingerprint density at radius 2 is 1.34 bits per heavy atom. The second-order valence-electron chi connectivity index (χ2n) is 6.42. The minimum Gasteiger partial charge on any atom is -0.744 e. The van der Waals surface area contributed by atoms with Gasteiger partial charge in [0.15, 0.2) is 11.6 Å². The molecule has 3 aromatic carbocycles. The first-order valence-corrected chi connectivity index (χ1v) is 12.5. The molecule has 184 valence electrons. The largest absolute Gasteiger partial charge is 0.744 e. The van der Waals surface area contributed by atoms with Crippen LogP contribution < -0.4 is 9.47 Å². The van der Waals surface area contributed by atoms with E-state index >= 15 is 0 Å². The monoisotopic (exact) mass is 703 g/mol. The molecule has 0 aromatic heterocycles. The van der Waals surface area contributed by atoms with Gasteiger partial charge in [0.05, 0.1) is 11.1 Å². The van der Waals surface area contributed by atoms with Gasteiger partial charge in [-0.25, -0.2) is 26.8 Å². The molecule has 35 heavy (non-hydrogen) atoms. The quantitative estimate of drug-likeness (QED) is 0.107. The Kier molecular flexibility index (Phi) is 8.06. The van der Waals surface area contributed by atoms with Gasteiger partial charge in [0.25, 0.3) is 0 Å². The number of rotatable bonds is 5. The lowest BCUT2D eigenvalue weighted by Crippen LogP contribution is -2.16. The average molecular weight is 706 g/mol. The molecular weight excluding hydrogens is 700 g/mol. The topological polar surface area (TPSA) is 110 Å². The maximum absolute atomic E-state index is 14.1. The Balaban J connectivity index is 1.90. The molecule has 0 amide bonds. The molecule has 0 atom stereocenters. The minimum atomic E-state index is -5.93. The molecule has 0 aliphatic rings. The lowest BCUT2D eigenvalue weighted by atomic mass is 10.2. The summed E-state index contributed by atoms with van der Waals surface area (Å²) in [7, 11) is -5.93. The lowest BCUT2D eigenvalue weighted by Gasteiger charge is -2.14. The standard InChI is InChI=1S/C20H7Br3F4O7S/c21-8-5-10(22)12(11(23)6-8)20(29)33-9-3-1-2-7(4-9)19(28)34-17-13(24)15(26)18(35(30,31)32)16(27)14(17)25/h1-6H,(H,30,31,32)/p-1. The van der Waals surface area contributed by atoms with Crippen LogP contribution in [0.4, 0.5) is 17.6 Å². The predicted molar refractivity (Wildman–Crippen MR) is 120 cm³/mol. The molecule has 0 aliphatic carbocycles. The number of halogens is 7. The van der Waals surface area contributed by atoms with Crippen LogP contribution >= 0.6 is 47.8 Å². The Bertz CT molecular complexity index is 1440. The van der Waals surface area contributed by atoms with Gasteiger partial charge in [0, 0.05) is 13.4 Å². The highest BCUT2D eigenvalue weighted by molar-refractivity contribution is 9.11. The van der Waals surface area contributed by atoms with Crippen molar-refractivity contribution in [2.45, 2.75) is 4.90 Å². The molecule has 0 saturated carbocycles. The van der Waals surface area contributed by atoms with E-state index in [1.165, 1.54) is 12.1 Å². The third-order valence-electron chi connectivity index (χ3n) is 4.12. The SMILES string of the molecule is O=C(Oc1c(F)c(F)c(S(=O)(=O)[O-])c(F)c1F)c1cccc(OC(=O)c2c(Br)cc(Br)cc2Br)c1. The fourth-order valence-corrected chi connectivity index (χ4v) is 5.83. The number of ether oxygens (including phenoxy) is 2. The highest BCUT2D eigenvalue weighted by Gasteiger charge is 2.31. The van der Waals surface area contributed by atoms with E-state index in [-0.39, 0.29) is 11.3 Å². The Morgan fingerprint density at radius 1 is 0.800 bits per heavy atom. The molecule has 0 aliphatic heterocycles. The number of hydrogen-bond acceptors (Lipinski definition) is 7. The summed E-state index contributed by atoms with van der Waals surface area (Å²) >= 11 is 9.65. The maximum Gasteiger partial charge on any atom is 0.345 e. The summed E-state index contributed by atoms with van der Waals surface area (Å²) in [6.45, 7) is 0. The first-order valence-electron chi connectivity index (χ1n) is 8.73. The maximum atomic E-state index is 14.1. The second-order valence-corrected chi connectivity index (χ2v) is 10.4. The summed E-state index contributed by atoms with van der Waals surface area (Å²) in [6.07, 6.45) is 0. The van der Waals surface area contributed by atoms with Crippen molar-refractivity contribution in [3.63, 3.8) is 0 Å². The van der Waals surface area contributed by atoms with Gasteiger partial charge in [-0.1, -0.05) is 22.0 Å². The van der Waals surface area contributed by atoms with E-state index in [0.29, 0.717) is 13.4 Å². The highest BCUT2D eigenvalue weighted by Crippen LogP contribution is 2.34. The fourth-order valence-electron chi connectivity index (χ4n) is 2.63. The van der Waals surface area contributed by atoms with E-state index in [1.54, 1.807) is 12.1 Å². The molecule has 0 radical (unpaired) electrons. The van der Waals surface area contributed by atoms with Crippen LogP contribution in [0.1, 0.15) is 20.7 Å². The van der Waals surface area contributed by atoms with E-state index in [9.17, 15) is 40.1 Å². The van der Waals surface area contributed by atoms with Gasteiger partial charge in [-0.2, -0.15) is 8.78 Å². The van der Waals surface area contributed by atoms with Crippen molar-refractivity contribution in [1.82, 2.24) is 0 Å². The van der Waals surface area contributed by atoms with Crippen LogP contribution in [0.2, 0.25) is 0 Å². The van der Waals surface area contributed by atoms with Crippen LogP contribution in [-0.4, -0.2) is 24.9 Å². The van der Waals surface area contributed by atoms with E-state index in [0.717, 1.165) is 12.1 Å². The van der Waals surface area contributed by atoms with Gasteiger partial charge in [-0.05, 0) is 62.2 Å². The third kappa shape index (κ3) is 5.74. The minimum absolute atomic E-state index is 0.0877. The van der Waals surface area contributed by atoms with Crippen molar-refractivity contribution in [3.05, 3.63) is 84.2 Å². The fraction of sp³-hybridized carbons (Fsp3) is 0. The number of carbonyl (C=O) groups is 2. The normalized spacial score (nSPS) is 11.3. The lowest BCUT2D eigenvalue weighted by molar-refractivity contribution is 0.0703. The summed E-state index contributed by atoms with van der Waals surface area (Å²) in [5.74, 6) is -14.5. The predicted octanol–water partition coefficient (Wildman–Crippen LogP) is 5.87. The van der Waals surface area contributed by atoms with Crippen molar-refractivity contribution < 1.29 is 49.6 Å². The first-order chi connectivity index (χ1) is 16.2. The zero-order valence-corrected chi connectivity index (χ0v) is 22.0. The van der Waals surface area contributed by atoms with Gasteiger partial charge >= 0.3 is 11.9 Å². The van der Waals surface area contributed by atoms with E-state index < -0.39 is 61.5 Å². The molecule has 0 bridgehead atoms. The van der Waals surface area contributed by atoms with Gasteiger partial charge < -0.3 is 14.0 Å². The van der Waals surface area contributed by atoms with Crippen LogP contribution in [0.5, 0.6) is 11.5 Å². The molecule has 15 heteroatoms. The zero-order chi connectivity index (χ0) is 26.2. The molecule has 3 aromatic rings. The van der Waals surface area contributed by atoms with E-state index in [1.807, 2.05) is 0 Å². The molecule has 0 saturated heterocycles. The molecule has 0 N–H and O–H groups in total. The summed E-state index contributed by atoms with van der Waals surface area (Å²) in [5.41, 5.74) is -0.380. The van der Waals surface area contributed by atoms with E-state index in [4.69, 9.17) is 4.74 Å². The summed E-state index contributed by atoms with van der Waals surface area (Å²) < 4.78 is 99.6. The average Bonchev–Trinajstić information content (AvgIpc) is 2.73. The molecule has 0 spiro atoms. The van der Waals surface area contributed by atoms with Crippen molar-refractivity contribution in [2.24, 2.45) is 0 Å². The van der Waals surface area contributed by atoms with Crippen LogP contribution in [-0.2, 0) is 10.1 Å². The molecular formula is C20H6Br3F4O7S-. The number of carbonyl (C=O) groups excluding carboxylic acids is 2. The summed E-state index contributed by atoms with van der Waals surface area (Å²) in [5, 5.41) is 0. The molecule has 3 rings (SSSR count). The number of esters is 2. The Hall–Kier alpha value is -2.33. The molecule has 7 nitrogen and oxygen atoms in total. The Morgan fingerprint density at radius 3 is 1.86 bits per heavy atom. The van der Waals surface area contributed by atoms with Crippen LogP contribution in [0.3, 0.4) is 0 Å². The van der Waals surface area contributed by atoms with Crippen molar-refractivity contribution in [1.29, 1.82) is 0 Å². The van der Waals surface area contributed by atoms with Crippen LogP contribution in [0.25, 0.3) is 0 Å². The third-order valence-corrected chi connectivity index (χ3v) is 6.69. The van der Waals surface area contributed by atoms with Gasteiger partial charge in [0.2, 0.25) is 17.4 Å². The Labute approximate surface area is 219 Å². The van der Waals surface area contributed by atoms with E-state index in [2.05, 4.69) is 52.5 Å². The van der Waals surface area contributed by atoms with Crippen molar-refractivity contribution in [2.75, 3.05) is 0 Å². The number of hydrogen-bond donors (Lipinski definition) is 0. The van der Waals surface area contributed by atoms with Crippen LogP contribution in [0, 0.1) is 23.3 Å². The van der Waals surface area contributed by atoms with Gasteiger partial charge in [-0.3, -0.25) is 0 Å². The van der Waals surface area contributed by atoms with Gasteiger partial charge in [0.1, 0.15) is 20.8 Å². The summed E-state index contributed by atoms with van der Waals surface area (Å²) in [6, 6.07) is 7.58. The van der Waals surface area contributed by atoms with Gasteiger partial charge in [-0.15, -0.1) is 0 Å². The molecule has 0 unspecified atom stereocenters. The number of benzene rings is 3. The highest BCUT2D eigenvalue weighted by atomic mass is 79.9. The summed E-state index contributed by atoms with van der Waals surface area (Å²) in [4.78, 5) is 22.5. The second kappa shape index (κ2) is 10.3.